The molecule has 26 heavy (non-hydrogen) atoms. The van der Waals surface area contributed by atoms with Crippen LogP contribution in [0.1, 0.15) is 11.1 Å². The summed E-state index contributed by atoms with van der Waals surface area (Å²) in [5, 5.41) is 2.57. The van der Waals surface area contributed by atoms with Crippen molar-refractivity contribution < 1.29 is 47.5 Å². The molecule has 0 nitrogen and oxygen atoms in total. The molecule has 0 fully saturated rings. The van der Waals surface area contributed by atoms with Crippen LogP contribution in [0.4, 0.5) is 0 Å². The molecule has 1 unspecified atom stereocenters. The van der Waals surface area contributed by atoms with Gasteiger partial charge in [-0.1, -0.05) is 39.2 Å². The van der Waals surface area contributed by atoms with E-state index < -0.39 is 0 Å². The molecule has 6 heteroatoms. The van der Waals surface area contributed by atoms with Gasteiger partial charge in [0.25, 0.3) is 0 Å². The van der Waals surface area contributed by atoms with Crippen LogP contribution in [-0.4, -0.2) is 4.16 Å². The van der Waals surface area contributed by atoms with Gasteiger partial charge < -0.3 is 24.8 Å². The van der Waals surface area contributed by atoms with Crippen LogP contribution in [0.2, 0.25) is 0 Å². The summed E-state index contributed by atoms with van der Waals surface area (Å²) in [5.74, 6) is 0. The van der Waals surface area contributed by atoms with Crippen LogP contribution in [0.25, 0.3) is 17.1 Å². The Labute approximate surface area is 197 Å². The SMILES string of the molecule is BrC1C=C2C=c3[c-]cccc3=C2S1.[Cl-].[Cl-].[S]=[Zr+2].[c-]1cccc2c1C=CC2. The molecule has 0 aromatic heterocycles. The average molecular weight is 559 g/mol. The number of benzene rings is 2. The number of alkyl halides is 1. The van der Waals surface area contributed by atoms with Crippen molar-refractivity contribution in [1.29, 1.82) is 0 Å². The molecule has 0 saturated heterocycles. The summed E-state index contributed by atoms with van der Waals surface area (Å²) >= 11 is 6.58. The van der Waals surface area contributed by atoms with Crippen molar-refractivity contribution >= 4 is 53.6 Å². The molecule has 2 aliphatic carbocycles. The Morgan fingerprint density at radius 1 is 1.12 bits per heavy atom. The first-order valence-corrected chi connectivity index (χ1v) is 12.6. The third-order valence-corrected chi connectivity index (χ3v) is 5.71. The molecule has 1 aliphatic heterocycles. The summed E-state index contributed by atoms with van der Waals surface area (Å²) in [7, 11) is 4.17. The Morgan fingerprint density at radius 3 is 2.62 bits per heavy atom. The quantitative estimate of drug-likeness (QED) is 0.285. The van der Waals surface area contributed by atoms with E-state index in [0.29, 0.717) is 4.16 Å². The maximum Gasteiger partial charge on any atom is -0.0528 e. The Balaban J connectivity index is 0.000000232. The van der Waals surface area contributed by atoms with Gasteiger partial charge >= 0.3 is 31.5 Å². The molecule has 2 aromatic rings. The fraction of sp³-hybridized carbons (Fsp3) is 0.100. The molecular formula is C20H13BrCl2S2Zr-2. The maximum absolute atomic E-state index is 4.17. The van der Waals surface area contributed by atoms with E-state index in [1.807, 2.05) is 36.0 Å². The first-order valence-electron chi connectivity index (χ1n) is 7.43. The molecular weight excluding hydrogens is 546 g/mol. The molecule has 2 aromatic carbocycles. The van der Waals surface area contributed by atoms with Crippen molar-refractivity contribution in [1.82, 2.24) is 0 Å². The van der Waals surface area contributed by atoms with E-state index in [1.54, 1.807) is 0 Å². The minimum absolute atomic E-state index is 0. The van der Waals surface area contributed by atoms with E-state index >= 15 is 0 Å². The minimum Gasteiger partial charge on any atom is -0.147 e. The number of halogens is 3. The fourth-order valence-electron chi connectivity index (χ4n) is 2.81. The van der Waals surface area contributed by atoms with Crippen molar-refractivity contribution in [2.24, 2.45) is 0 Å². The van der Waals surface area contributed by atoms with E-state index in [4.69, 9.17) is 0 Å². The van der Waals surface area contributed by atoms with Crippen molar-refractivity contribution in [3.63, 3.8) is 0 Å². The van der Waals surface area contributed by atoms with Gasteiger partial charge in [-0.25, -0.2) is 0 Å². The summed E-state index contributed by atoms with van der Waals surface area (Å²) in [5.41, 5.74) is 4.01. The monoisotopic (exact) mass is 556 g/mol. The average Bonchev–Trinajstić information content (AvgIpc) is 3.31. The van der Waals surface area contributed by atoms with Gasteiger partial charge in [0.15, 0.2) is 0 Å². The zero-order chi connectivity index (χ0) is 16.9. The van der Waals surface area contributed by atoms with E-state index in [1.165, 1.54) is 32.0 Å². The normalized spacial score (nSPS) is 16.8. The van der Waals surface area contributed by atoms with Gasteiger partial charge in [0.1, 0.15) is 0 Å². The maximum atomic E-state index is 4.17. The van der Waals surface area contributed by atoms with Gasteiger partial charge in [0.2, 0.25) is 0 Å². The summed E-state index contributed by atoms with van der Waals surface area (Å²) in [6.07, 6.45) is 9.83. The van der Waals surface area contributed by atoms with Crippen LogP contribution in [0.3, 0.4) is 0 Å². The molecule has 0 radical (unpaired) electrons. The van der Waals surface area contributed by atoms with Gasteiger partial charge in [0, 0.05) is 0 Å². The third-order valence-electron chi connectivity index (χ3n) is 3.84. The van der Waals surface area contributed by atoms with Crippen LogP contribution in [0.5, 0.6) is 0 Å². The van der Waals surface area contributed by atoms with Gasteiger partial charge in [-0.2, -0.15) is 0 Å². The minimum atomic E-state index is 0. The molecule has 0 saturated carbocycles. The van der Waals surface area contributed by atoms with Gasteiger partial charge in [0.05, 0.1) is 4.16 Å². The second kappa shape index (κ2) is 11.9. The first-order chi connectivity index (χ1) is 11.8. The Bertz CT molecular complexity index is 941. The van der Waals surface area contributed by atoms with Gasteiger partial charge in [-0.05, 0) is 4.91 Å². The molecule has 0 N–H and O–H groups in total. The van der Waals surface area contributed by atoms with Crippen LogP contribution >= 0.6 is 36.5 Å². The van der Waals surface area contributed by atoms with E-state index in [0.717, 1.165) is 29.1 Å². The molecule has 0 amide bonds. The number of hydrogen-bond donors (Lipinski definition) is 0. The van der Waals surface area contributed by atoms with Gasteiger partial charge in [-0.15, -0.1) is 94.9 Å². The molecule has 0 bridgehead atoms. The molecule has 0 spiro atoms. The zero-order valence-electron chi connectivity index (χ0n) is 13.5. The second-order valence-corrected chi connectivity index (χ2v) is 8.02. The van der Waals surface area contributed by atoms with Crippen molar-refractivity contribution in [2.75, 3.05) is 0 Å². The van der Waals surface area contributed by atoms with E-state index in [2.05, 4.69) is 73.4 Å². The summed E-state index contributed by atoms with van der Waals surface area (Å²) in [4.78, 5) is 1.40. The predicted octanol–water partition coefficient (Wildman–Crippen LogP) is -1.51. The number of allylic oxidation sites excluding steroid dienone is 1. The van der Waals surface area contributed by atoms with Crippen LogP contribution in [0, 0.1) is 12.1 Å². The smallest absolute Gasteiger partial charge is 0.0528 e. The van der Waals surface area contributed by atoms with Crippen LogP contribution < -0.4 is 35.3 Å². The third kappa shape index (κ3) is 5.59. The fourth-order valence-corrected chi connectivity index (χ4v) is 4.66. The topological polar surface area (TPSA) is 0 Å². The molecule has 3 aliphatic rings. The first kappa shape index (κ1) is 24.2. The van der Waals surface area contributed by atoms with Gasteiger partial charge in [-0.3, -0.25) is 0 Å². The van der Waals surface area contributed by atoms with Crippen LogP contribution in [-0.2, 0) is 29.1 Å². The Kier molecular flexibility index (Phi) is 11.1. The Hall–Kier alpha value is 0.173. The van der Waals surface area contributed by atoms with Crippen molar-refractivity contribution in [3.8, 4) is 0 Å². The van der Waals surface area contributed by atoms with Crippen molar-refractivity contribution in [3.05, 3.63) is 87.8 Å². The molecule has 5 rings (SSSR count). The molecule has 132 valence electrons. The van der Waals surface area contributed by atoms with Crippen LogP contribution in [0.15, 0.2) is 54.1 Å². The van der Waals surface area contributed by atoms with Crippen molar-refractivity contribution in [2.45, 2.75) is 10.6 Å². The summed E-state index contributed by atoms with van der Waals surface area (Å²) in [6, 6.07) is 18.7. The van der Waals surface area contributed by atoms with E-state index in [-0.39, 0.29) is 24.8 Å². The standard InChI is InChI=1S/C11H6BrS.C9H7.2ClH.S.Zr/c12-10-6-8-5-7-3-1-2-4-9(7)11(8)13-10;1-2-5-9-7-3-6-8(9)4-1;;;;/h1-2,4-6,10H;1-4,7H,6H2;2*1H;;/q2*-1;;;;+2/p-2. The number of hydrogen-bond acceptors (Lipinski definition) is 2. The summed E-state index contributed by atoms with van der Waals surface area (Å²) in [6.45, 7) is 0. The second-order valence-electron chi connectivity index (χ2n) is 5.28. The molecule has 1 atom stereocenters. The largest absolute Gasteiger partial charge is 0.147 e. The Morgan fingerprint density at radius 2 is 1.85 bits per heavy atom. The number of thioether (sulfide) groups is 1. The zero-order valence-corrected chi connectivity index (χ0v) is 20.7. The molecule has 1 heterocycles. The summed E-state index contributed by atoms with van der Waals surface area (Å²) < 4.78 is 0.446. The van der Waals surface area contributed by atoms with E-state index in [9.17, 15) is 0 Å². The number of rotatable bonds is 0. The number of fused-ring (bicyclic) bond motifs is 3. The predicted molar refractivity (Wildman–Crippen MR) is 106 cm³/mol.